The molecule has 1 fully saturated rings. The van der Waals surface area contributed by atoms with Crippen LogP contribution >= 0.6 is 0 Å². The Labute approximate surface area is 138 Å². The lowest BCUT2D eigenvalue weighted by Gasteiger charge is -2.35. The Bertz CT molecular complexity index is 572. The van der Waals surface area contributed by atoms with Gasteiger partial charge < -0.3 is 14.8 Å². The average molecular weight is 346 g/mol. The van der Waals surface area contributed by atoms with Crippen molar-refractivity contribution >= 4 is 5.97 Å². The summed E-state index contributed by atoms with van der Waals surface area (Å²) in [7, 11) is 1.38. The number of benzene rings is 1. The number of hydrogen-bond donors (Lipinski definition) is 1. The first kappa shape index (κ1) is 18.5. The largest absolute Gasteiger partial charge is 0.493 e. The van der Waals surface area contributed by atoms with Gasteiger partial charge in [0.25, 0.3) is 0 Å². The maximum atomic E-state index is 13.0. The zero-order valence-electron chi connectivity index (χ0n) is 13.7. The molecule has 0 unspecified atom stereocenters. The fourth-order valence-electron chi connectivity index (χ4n) is 2.80. The SMILES string of the molecule is COc1cc([C@H](CC(F)(F)F)N2CCNCC2)ccc1OC(C)=O. The molecule has 1 atom stereocenters. The molecule has 1 saturated heterocycles. The normalized spacial score (nSPS) is 17.4. The van der Waals surface area contributed by atoms with Crippen LogP contribution in [0.15, 0.2) is 18.2 Å². The third kappa shape index (κ3) is 5.10. The summed E-state index contributed by atoms with van der Waals surface area (Å²) in [5.74, 6) is -0.0835. The summed E-state index contributed by atoms with van der Waals surface area (Å²) < 4.78 is 49.3. The number of halogens is 3. The van der Waals surface area contributed by atoms with Crippen molar-refractivity contribution in [1.82, 2.24) is 10.2 Å². The zero-order valence-corrected chi connectivity index (χ0v) is 13.7. The molecule has 0 saturated carbocycles. The number of rotatable bonds is 5. The number of carbonyl (C=O) groups excluding carboxylic acids is 1. The van der Waals surface area contributed by atoms with Crippen LogP contribution in [0.2, 0.25) is 0 Å². The number of alkyl halides is 3. The quantitative estimate of drug-likeness (QED) is 0.656. The van der Waals surface area contributed by atoms with Gasteiger partial charge in [-0.25, -0.2) is 0 Å². The van der Waals surface area contributed by atoms with Crippen molar-refractivity contribution < 1.29 is 27.4 Å². The van der Waals surface area contributed by atoms with Crippen LogP contribution in [0.1, 0.15) is 24.9 Å². The molecule has 1 aromatic carbocycles. The van der Waals surface area contributed by atoms with Crippen molar-refractivity contribution in [2.75, 3.05) is 33.3 Å². The molecular formula is C16H21F3N2O3. The lowest BCUT2D eigenvalue weighted by Crippen LogP contribution is -2.46. The highest BCUT2D eigenvalue weighted by Gasteiger charge is 2.36. The highest BCUT2D eigenvalue weighted by Crippen LogP contribution is 2.37. The lowest BCUT2D eigenvalue weighted by atomic mass is 10.00. The molecule has 1 aliphatic rings. The number of ether oxygens (including phenoxy) is 2. The van der Waals surface area contributed by atoms with Crippen molar-refractivity contribution in [3.8, 4) is 11.5 Å². The summed E-state index contributed by atoms with van der Waals surface area (Å²) in [6, 6.07) is 3.74. The van der Waals surface area contributed by atoms with Gasteiger partial charge in [-0.2, -0.15) is 13.2 Å². The Morgan fingerprint density at radius 1 is 1.29 bits per heavy atom. The minimum absolute atomic E-state index is 0.194. The molecule has 0 aliphatic carbocycles. The molecular weight excluding hydrogens is 325 g/mol. The van der Waals surface area contributed by atoms with Crippen LogP contribution in [0.3, 0.4) is 0 Å². The maximum absolute atomic E-state index is 13.0. The zero-order chi connectivity index (χ0) is 17.7. The Morgan fingerprint density at radius 2 is 1.96 bits per heavy atom. The average Bonchev–Trinajstić information content (AvgIpc) is 2.52. The van der Waals surface area contributed by atoms with Gasteiger partial charge >= 0.3 is 12.1 Å². The van der Waals surface area contributed by atoms with E-state index in [0.717, 1.165) is 0 Å². The molecule has 1 N–H and O–H groups in total. The van der Waals surface area contributed by atoms with Crippen LogP contribution in [0.5, 0.6) is 11.5 Å². The molecule has 1 aliphatic heterocycles. The third-order valence-electron chi connectivity index (χ3n) is 3.84. The van der Waals surface area contributed by atoms with E-state index in [4.69, 9.17) is 9.47 Å². The van der Waals surface area contributed by atoms with E-state index >= 15 is 0 Å². The van der Waals surface area contributed by atoms with E-state index in [1.165, 1.54) is 26.2 Å². The number of esters is 1. The summed E-state index contributed by atoms with van der Waals surface area (Å²) in [5, 5.41) is 3.13. The van der Waals surface area contributed by atoms with Crippen LogP contribution in [-0.2, 0) is 4.79 Å². The molecule has 0 radical (unpaired) electrons. The summed E-state index contributed by atoms with van der Waals surface area (Å²) in [4.78, 5) is 12.9. The second kappa shape index (κ2) is 7.85. The van der Waals surface area contributed by atoms with Crippen molar-refractivity contribution in [1.29, 1.82) is 0 Å². The molecule has 0 spiro atoms. The first-order valence-corrected chi connectivity index (χ1v) is 7.68. The smallest absolute Gasteiger partial charge is 0.390 e. The monoisotopic (exact) mass is 346 g/mol. The predicted octanol–water partition coefficient (Wildman–Crippen LogP) is 2.52. The minimum Gasteiger partial charge on any atom is -0.493 e. The Hall–Kier alpha value is -1.80. The van der Waals surface area contributed by atoms with Gasteiger partial charge in [0.05, 0.1) is 13.5 Å². The molecule has 5 nitrogen and oxygen atoms in total. The first-order chi connectivity index (χ1) is 11.3. The Kier molecular flexibility index (Phi) is 6.06. The van der Waals surface area contributed by atoms with E-state index in [1.807, 2.05) is 4.90 Å². The highest BCUT2D eigenvalue weighted by molar-refractivity contribution is 5.70. The Morgan fingerprint density at radius 3 is 2.50 bits per heavy atom. The topological polar surface area (TPSA) is 50.8 Å². The fraction of sp³-hybridized carbons (Fsp3) is 0.562. The molecule has 134 valence electrons. The van der Waals surface area contributed by atoms with Gasteiger partial charge in [-0.05, 0) is 17.7 Å². The van der Waals surface area contributed by atoms with E-state index in [1.54, 1.807) is 6.07 Å². The standard InChI is InChI=1S/C16H21F3N2O3/c1-11(22)24-14-4-3-12(9-15(14)23-2)13(10-16(17,18)19)21-7-5-20-6-8-21/h3-4,9,13,20H,5-8,10H2,1-2H3/t13-/m0/s1. The van der Waals surface area contributed by atoms with Crippen molar-refractivity contribution in [3.05, 3.63) is 23.8 Å². The van der Waals surface area contributed by atoms with E-state index in [9.17, 15) is 18.0 Å². The van der Waals surface area contributed by atoms with Gasteiger partial charge in [0, 0.05) is 39.1 Å². The van der Waals surface area contributed by atoms with Crippen LogP contribution < -0.4 is 14.8 Å². The molecule has 1 heterocycles. The van der Waals surface area contributed by atoms with Crippen LogP contribution in [0.4, 0.5) is 13.2 Å². The maximum Gasteiger partial charge on any atom is 0.390 e. The highest BCUT2D eigenvalue weighted by atomic mass is 19.4. The van der Waals surface area contributed by atoms with Gasteiger partial charge in [-0.15, -0.1) is 0 Å². The minimum atomic E-state index is -4.28. The number of nitrogens with zero attached hydrogens (tertiary/aromatic N) is 1. The summed E-state index contributed by atoms with van der Waals surface area (Å²) in [5.41, 5.74) is 0.488. The lowest BCUT2D eigenvalue weighted by molar-refractivity contribution is -0.148. The molecule has 0 bridgehead atoms. The number of carbonyl (C=O) groups is 1. The van der Waals surface area contributed by atoms with E-state index < -0.39 is 24.6 Å². The van der Waals surface area contributed by atoms with Gasteiger partial charge in [-0.1, -0.05) is 6.07 Å². The second-order valence-corrected chi connectivity index (χ2v) is 5.63. The number of methoxy groups -OCH3 is 1. The summed E-state index contributed by atoms with van der Waals surface area (Å²) in [6.45, 7) is 3.62. The summed E-state index contributed by atoms with van der Waals surface area (Å²) in [6.07, 6.45) is -5.22. The first-order valence-electron chi connectivity index (χ1n) is 7.68. The molecule has 24 heavy (non-hydrogen) atoms. The van der Waals surface area contributed by atoms with Gasteiger partial charge in [0.1, 0.15) is 0 Å². The van der Waals surface area contributed by atoms with Gasteiger partial charge in [0.15, 0.2) is 11.5 Å². The van der Waals surface area contributed by atoms with E-state index in [0.29, 0.717) is 31.7 Å². The van der Waals surface area contributed by atoms with Crippen molar-refractivity contribution in [3.63, 3.8) is 0 Å². The van der Waals surface area contributed by atoms with Gasteiger partial charge in [0.2, 0.25) is 0 Å². The van der Waals surface area contributed by atoms with Gasteiger partial charge in [-0.3, -0.25) is 9.69 Å². The Balaban J connectivity index is 2.32. The molecule has 0 amide bonds. The molecule has 8 heteroatoms. The fourth-order valence-corrected chi connectivity index (χ4v) is 2.80. The summed E-state index contributed by atoms with van der Waals surface area (Å²) >= 11 is 0. The van der Waals surface area contributed by atoms with Crippen LogP contribution in [0, 0.1) is 0 Å². The predicted molar refractivity (Wildman–Crippen MR) is 82.2 cm³/mol. The van der Waals surface area contributed by atoms with E-state index in [-0.39, 0.29) is 11.5 Å². The third-order valence-corrected chi connectivity index (χ3v) is 3.84. The van der Waals surface area contributed by atoms with Crippen LogP contribution in [0.25, 0.3) is 0 Å². The molecule has 0 aromatic heterocycles. The number of nitrogens with one attached hydrogen (secondary N) is 1. The van der Waals surface area contributed by atoms with Crippen molar-refractivity contribution in [2.45, 2.75) is 25.6 Å². The van der Waals surface area contributed by atoms with Crippen molar-refractivity contribution in [2.24, 2.45) is 0 Å². The van der Waals surface area contributed by atoms with E-state index in [2.05, 4.69) is 5.32 Å². The molecule has 1 aromatic rings. The second-order valence-electron chi connectivity index (χ2n) is 5.63. The number of piperazine rings is 1. The molecule has 2 rings (SSSR count). The van der Waals surface area contributed by atoms with Crippen LogP contribution in [-0.4, -0.2) is 50.3 Å². The number of hydrogen-bond acceptors (Lipinski definition) is 5.